The minimum atomic E-state index is -3.38. The average Bonchev–Trinajstić information content (AvgIpc) is 2.15. The summed E-state index contributed by atoms with van der Waals surface area (Å²) in [4.78, 5) is 11.0. The average molecular weight is 266 g/mol. The Morgan fingerprint density at radius 1 is 1.18 bits per heavy atom. The van der Waals surface area contributed by atoms with E-state index in [1.165, 1.54) is 6.92 Å². The molecule has 0 aromatic rings. The topological polar surface area (TPSA) is 61.8 Å². The first-order chi connectivity index (χ1) is 7.85. The number of carbonyl (C=O) groups excluding carboxylic acids is 1. The first kappa shape index (κ1) is 16.6. The van der Waals surface area contributed by atoms with E-state index in [0.717, 1.165) is 0 Å². The van der Waals surface area contributed by atoms with Gasteiger partial charge in [-0.3, -0.25) is 9.36 Å². The van der Waals surface area contributed by atoms with Gasteiger partial charge in [-0.15, -0.1) is 0 Å². The van der Waals surface area contributed by atoms with Crippen molar-refractivity contribution in [3.8, 4) is 0 Å². The lowest BCUT2D eigenvalue weighted by atomic mass is 10.1. The molecule has 0 bridgehead atoms. The van der Waals surface area contributed by atoms with Crippen molar-refractivity contribution < 1.29 is 23.1 Å². The number of rotatable bonds is 8. The Hall–Kier alpha value is -0.380. The van der Waals surface area contributed by atoms with Gasteiger partial charge >= 0.3 is 13.6 Å². The van der Waals surface area contributed by atoms with Crippen molar-refractivity contribution in [2.75, 3.05) is 13.2 Å². The van der Waals surface area contributed by atoms with Crippen LogP contribution in [0.1, 0.15) is 41.0 Å². The fraction of sp³-hybridized carbons (Fsp3) is 0.909. The maximum atomic E-state index is 12.5. The summed E-state index contributed by atoms with van der Waals surface area (Å²) in [5.41, 5.74) is 0. The number of carbonyl (C=O) groups is 1. The summed E-state index contributed by atoms with van der Waals surface area (Å²) in [6.07, 6.45) is 0.455. The second-order valence-electron chi connectivity index (χ2n) is 4.07. The Labute approximate surface area is 103 Å². The molecule has 0 rings (SSSR count). The van der Waals surface area contributed by atoms with E-state index in [0.29, 0.717) is 6.42 Å². The highest BCUT2D eigenvalue weighted by molar-refractivity contribution is 7.54. The molecule has 0 aliphatic carbocycles. The maximum Gasteiger partial charge on any atom is 0.370 e. The van der Waals surface area contributed by atoms with E-state index < -0.39 is 19.4 Å². The van der Waals surface area contributed by atoms with Crippen LogP contribution in [0.5, 0.6) is 0 Å². The van der Waals surface area contributed by atoms with Crippen LogP contribution < -0.4 is 0 Å². The summed E-state index contributed by atoms with van der Waals surface area (Å²) < 4.78 is 27.9. The van der Waals surface area contributed by atoms with Gasteiger partial charge in [-0.25, -0.2) is 0 Å². The van der Waals surface area contributed by atoms with Crippen LogP contribution in [-0.4, -0.2) is 25.0 Å². The van der Waals surface area contributed by atoms with Crippen molar-refractivity contribution in [3.05, 3.63) is 0 Å². The summed E-state index contributed by atoms with van der Waals surface area (Å²) in [6.45, 7) is 9.17. The molecule has 1 atom stereocenters. The Balaban J connectivity index is 4.91. The minimum Gasteiger partial charge on any atom is -0.450 e. The summed E-state index contributed by atoms with van der Waals surface area (Å²) in [5, 5.41) is 0. The van der Waals surface area contributed by atoms with E-state index in [1.807, 2.05) is 13.8 Å². The third-order valence-electron chi connectivity index (χ3n) is 1.95. The summed E-state index contributed by atoms with van der Waals surface area (Å²) >= 11 is 0. The first-order valence-electron chi connectivity index (χ1n) is 5.91. The molecule has 0 amide bonds. The van der Waals surface area contributed by atoms with Crippen molar-refractivity contribution in [2.24, 2.45) is 5.92 Å². The van der Waals surface area contributed by atoms with Crippen LogP contribution in [-0.2, 0) is 23.1 Å². The highest BCUT2D eigenvalue weighted by Gasteiger charge is 2.38. The Morgan fingerprint density at radius 2 is 1.65 bits per heavy atom. The van der Waals surface area contributed by atoms with Gasteiger partial charge in [-0.05, 0) is 26.2 Å². The zero-order valence-corrected chi connectivity index (χ0v) is 12.2. The van der Waals surface area contributed by atoms with Gasteiger partial charge in [0, 0.05) is 6.92 Å². The minimum absolute atomic E-state index is 0.230. The van der Waals surface area contributed by atoms with Crippen LogP contribution >= 0.6 is 7.60 Å². The second kappa shape index (κ2) is 7.85. The molecular formula is C11H23O5P. The Morgan fingerprint density at radius 3 is 1.94 bits per heavy atom. The number of ether oxygens (including phenoxy) is 1. The third kappa shape index (κ3) is 6.20. The van der Waals surface area contributed by atoms with Crippen LogP contribution in [0.3, 0.4) is 0 Å². The van der Waals surface area contributed by atoms with E-state index >= 15 is 0 Å². The smallest absolute Gasteiger partial charge is 0.370 e. The second-order valence-corrected chi connectivity index (χ2v) is 6.24. The normalized spacial score (nSPS) is 13.8. The van der Waals surface area contributed by atoms with Crippen molar-refractivity contribution in [2.45, 2.75) is 46.9 Å². The molecule has 0 fully saturated rings. The van der Waals surface area contributed by atoms with E-state index in [4.69, 9.17) is 13.8 Å². The molecular weight excluding hydrogens is 243 g/mol. The van der Waals surface area contributed by atoms with Gasteiger partial charge in [-0.1, -0.05) is 13.8 Å². The monoisotopic (exact) mass is 266 g/mol. The molecule has 0 aliphatic rings. The van der Waals surface area contributed by atoms with Gasteiger partial charge in [0.25, 0.3) is 0 Å². The molecule has 0 saturated heterocycles. The quantitative estimate of drug-likeness (QED) is 0.498. The summed E-state index contributed by atoms with van der Waals surface area (Å²) in [6, 6.07) is 0. The molecule has 0 saturated carbocycles. The number of hydrogen-bond donors (Lipinski definition) is 0. The molecule has 102 valence electrons. The molecule has 0 aromatic carbocycles. The first-order valence-corrected chi connectivity index (χ1v) is 7.52. The third-order valence-corrected chi connectivity index (χ3v) is 4.20. The Kier molecular flexibility index (Phi) is 7.68. The van der Waals surface area contributed by atoms with Crippen LogP contribution in [0, 0.1) is 5.92 Å². The van der Waals surface area contributed by atoms with Gasteiger partial charge in [-0.2, -0.15) is 0 Å². The largest absolute Gasteiger partial charge is 0.450 e. The molecule has 0 spiro atoms. The van der Waals surface area contributed by atoms with Crippen LogP contribution in [0.15, 0.2) is 0 Å². The lowest BCUT2D eigenvalue weighted by Crippen LogP contribution is -2.21. The van der Waals surface area contributed by atoms with E-state index in [9.17, 15) is 9.36 Å². The van der Waals surface area contributed by atoms with Crippen LogP contribution in [0.25, 0.3) is 0 Å². The fourth-order valence-electron chi connectivity index (χ4n) is 1.40. The van der Waals surface area contributed by atoms with Gasteiger partial charge in [0.05, 0.1) is 13.2 Å². The van der Waals surface area contributed by atoms with Crippen molar-refractivity contribution in [3.63, 3.8) is 0 Å². The van der Waals surface area contributed by atoms with Crippen LogP contribution in [0.2, 0.25) is 0 Å². The standard InChI is InChI=1S/C11H23O5P/c1-6-14-17(13,15-7-2)11(8-9(3)4)16-10(5)12/h9,11H,6-8H2,1-5H3/t11-/m1/s1. The fourth-order valence-corrected chi connectivity index (χ4v) is 3.48. The predicted molar refractivity (Wildman–Crippen MR) is 65.9 cm³/mol. The van der Waals surface area contributed by atoms with E-state index in [1.54, 1.807) is 13.8 Å². The maximum absolute atomic E-state index is 12.5. The highest BCUT2D eigenvalue weighted by atomic mass is 31.2. The predicted octanol–water partition coefficient (Wildman–Crippen LogP) is 3.19. The van der Waals surface area contributed by atoms with E-state index in [-0.39, 0.29) is 19.1 Å². The molecule has 17 heavy (non-hydrogen) atoms. The molecule has 0 N–H and O–H groups in total. The lowest BCUT2D eigenvalue weighted by molar-refractivity contribution is -0.144. The molecule has 0 unspecified atom stereocenters. The molecule has 0 aliphatic heterocycles. The zero-order chi connectivity index (χ0) is 13.5. The van der Waals surface area contributed by atoms with Gasteiger partial charge in [0.1, 0.15) is 0 Å². The molecule has 6 heteroatoms. The molecule has 0 radical (unpaired) electrons. The van der Waals surface area contributed by atoms with Crippen molar-refractivity contribution >= 4 is 13.6 Å². The van der Waals surface area contributed by atoms with Crippen molar-refractivity contribution in [1.29, 1.82) is 0 Å². The van der Waals surface area contributed by atoms with Gasteiger partial charge in [0.2, 0.25) is 5.85 Å². The Bertz CT molecular complexity index is 267. The van der Waals surface area contributed by atoms with Crippen molar-refractivity contribution in [1.82, 2.24) is 0 Å². The van der Waals surface area contributed by atoms with Gasteiger partial charge < -0.3 is 13.8 Å². The zero-order valence-electron chi connectivity index (χ0n) is 11.3. The number of hydrogen-bond acceptors (Lipinski definition) is 5. The number of esters is 1. The van der Waals surface area contributed by atoms with Gasteiger partial charge in [0.15, 0.2) is 0 Å². The molecule has 0 aromatic heterocycles. The van der Waals surface area contributed by atoms with Crippen LogP contribution in [0.4, 0.5) is 0 Å². The van der Waals surface area contributed by atoms with E-state index in [2.05, 4.69) is 0 Å². The lowest BCUT2D eigenvalue weighted by Gasteiger charge is -2.26. The summed E-state index contributed by atoms with van der Waals surface area (Å²) in [5.74, 6) is -1.07. The highest BCUT2D eigenvalue weighted by Crippen LogP contribution is 2.55. The summed E-state index contributed by atoms with van der Waals surface area (Å²) in [7, 11) is -3.38. The molecule has 0 heterocycles. The molecule has 5 nitrogen and oxygen atoms in total. The SMILES string of the molecule is CCOP(=O)(OCC)[C@H](CC(C)C)OC(C)=O.